The van der Waals surface area contributed by atoms with Crippen LogP contribution >= 0.6 is 0 Å². The van der Waals surface area contributed by atoms with Gasteiger partial charge in [-0.3, -0.25) is 9.88 Å². The Morgan fingerprint density at radius 3 is 2.73 bits per heavy atom. The summed E-state index contributed by atoms with van der Waals surface area (Å²) in [5.41, 5.74) is 3.62. The number of aryl methyl sites for hydroxylation is 1. The fourth-order valence-corrected chi connectivity index (χ4v) is 5.55. The lowest BCUT2D eigenvalue weighted by Gasteiger charge is -2.32. The average Bonchev–Trinajstić information content (AvgIpc) is 3.65. The first-order chi connectivity index (χ1) is 21.9. The number of nitrogens with zero attached hydrogens (tertiary/aromatic N) is 7. The molecule has 4 heterocycles. The molecule has 1 saturated heterocycles. The molecule has 0 radical (unpaired) electrons. The molecule has 0 spiro atoms. The van der Waals surface area contributed by atoms with Crippen LogP contribution in [0.15, 0.2) is 67.3 Å². The highest BCUT2D eigenvalue weighted by atomic mass is 19.1. The number of carbonyl (C=O) groups is 1. The van der Waals surface area contributed by atoms with Gasteiger partial charge in [0.1, 0.15) is 24.3 Å². The molecule has 1 N–H and O–H groups in total. The first kappa shape index (κ1) is 29.8. The number of imidazole rings is 2. The van der Waals surface area contributed by atoms with Crippen molar-refractivity contribution in [3.63, 3.8) is 0 Å². The van der Waals surface area contributed by atoms with Crippen LogP contribution in [0.25, 0.3) is 11.0 Å². The number of rotatable bonds is 11. The third kappa shape index (κ3) is 6.78. The first-order valence-electron chi connectivity index (χ1n) is 14.8. The van der Waals surface area contributed by atoms with Crippen molar-refractivity contribution in [3.05, 3.63) is 101 Å². The fourth-order valence-electron chi connectivity index (χ4n) is 5.55. The molecule has 12 heteroatoms. The Kier molecular flexibility index (Phi) is 8.70. The van der Waals surface area contributed by atoms with Gasteiger partial charge in [0.05, 0.1) is 59.0 Å². The van der Waals surface area contributed by atoms with E-state index >= 15 is 0 Å². The molecular formula is C33H32FN7O4. The van der Waals surface area contributed by atoms with Crippen LogP contribution in [-0.2, 0) is 26.2 Å². The van der Waals surface area contributed by atoms with Crippen LogP contribution in [0.1, 0.15) is 52.9 Å². The number of carboxylic acids is 1. The van der Waals surface area contributed by atoms with Gasteiger partial charge in [0, 0.05) is 38.1 Å². The van der Waals surface area contributed by atoms with Gasteiger partial charge in [-0.05, 0) is 62.2 Å². The lowest BCUT2D eigenvalue weighted by molar-refractivity contribution is 0.0697. The molecule has 1 aliphatic rings. The van der Waals surface area contributed by atoms with Crippen molar-refractivity contribution < 1.29 is 23.8 Å². The molecule has 0 bridgehead atoms. The zero-order valence-electron chi connectivity index (χ0n) is 24.8. The van der Waals surface area contributed by atoms with Crippen LogP contribution in [0.2, 0.25) is 0 Å². The van der Waals surface area contributed by atoms with Gasteiger partial charge in [0.2, 0.25) is 0 Å². The van der Waals surface area contributed by atoms with Gasteiger partial charge >= 0.3 is 5.97 Å². The molecule has 0 amide bonds. The average molecular weight is 610 g/mol. The maximum atomic E-state index is 14.2. The largest absolute Gasteiger partial charge is 0.490 e. The van der Waals surface area contributed by atoms with E-state index in [2.05, 4.69) is 30.9 Å². The summed E-state index contributed by atoms with van der Waals surface area (Å²) < 4.78 is 30.2. The van der Waals surface area contributed by atoms with E-state index in [4.69, 9.17) is 19.7 Å². The first-order valence-corrected chi connectivity index (χ1v) is 14.8. The second kappa shape index (κ2) is 13.2. The number of hydrogen-bond donors (Lipinski definition) is 1. The Balaban J connectivity index is 1.09. The van der Waals surface area contributed by atoms with Crippen molar-refractivity contribution in [2.75, 3.05) is 13.1 Å². The number of nitriles is 1. The molecular weight excluding hydrogens is 577 g/mol. The second-order valence-corrected chi connectivity index (χ2v) is 10.9. The molecule has 1 fully saturated rings. The number of piperidine rings is 1. The molecule has 2 aromatic carbocycles. The van der Waals surface area contributed by atoms with E-state index < -0.39 is 11.8 Å². The molecule has 230 valence electrons. The number of aromatic nitrogens is 5. The highest BCUT2D eigenvalue weighted by Gasteiger charge is 2.24. The Bertz CT molecular complexity index is 1870. The van der Waals surface area contributed by atoms with Gasteiger partial charge in [-0.25, -0.2) is 19.2 Å². The Labute approximate surface area is 259 Å². The number of benzene rings is 2. The zero-order valence-corrected chi connectivity index (χ0v) is 24.8. The SMILES string of the molecule is CCn1cncc1Cn1c(CN2CCC(Oc3ccnc(COc4ccc(C#N)cc4F)c3)CC2)nc2ccc(C(=O)O)cc21. The number of halogens is 1. The van der Waals surface area contributed by atoms with E-state index in [9.17, 15) is 14.3 Å². The van der Waals surface area contributed by atoms with Gasteiger partial charge in [-0.15, -0.1) is 0 Å². The molecule has 0 atom stereocenters. The van der Waals surface area contributed by atoms with E-state index in [0.29, 0.717) is 24.5 Å². The lowest BCUT2D eigenvalue weighted by Crippen LogP contribution is -2.38. The van der Waals surface area contributed by atoms with Gasteiger partial charge in [-0.2, -0.15) is 5.26 Å². The van der Waals surface area contributed by atoms with E-state index in [-0.39, 0.29) is 29.6 Å². The van der Waals surface area contributed by atoms with Crippen molar-refractivity contribution in [3.8, 4) is 17.6 Å². The van der Waals surface area contributed by atoms with Crippen LogP contribution in [-0.4, -0.2) is 59.3 Å². The van der Waals surface area contributed by atoms with E-state index in [1.165, 1.54) is 12.1 Å². The number of fused-ring (bicyclic) bond motifs is 1. The maximum Gasteiger partial charge on any atom is 0.335 e. The summed E-state index contributed by atoms with van der Waals surface area (Å²) in [5, 5.41) is 18.5. The monoisotopic (exact) mass is 609 g/mol. The van der Waals surface area contributed by atoms with Gasteiger partial charge in [0.15, 0.2) is 11.6 Å². The van der Waals surface area contributed by atoms with Crippen molar-refractivity contribution in [2.24, 2.45) is 0 Å². The molecule has 3 aromatic heterocycles. The van der Waals surface area contributed by atoms with Crippen molar-refractivity contribution in [2.45, 2.75) is 52.1 Å². The van der Waals surface area contributed by atoms with Crippen molar-refractivity contribution >= 4 is 17.0 Å². The Morgan fingerprint density at radius 2 is 1.98 bits per heavy atom. The molecule has 0 saturated carbocycles. The normalized spacial score (nSPS) is 14.0. The van der Waals surface area contributed by atoms with Crippen molar-refractivity contribution in [1.29, 1.82) is 5.26 Å². The number of ether oxygens (including phenoxy) is 2. The number of aromatic carboxylic acids is 1. The van der Waals surface area contributed by atoms with E-state index in [1.54, 1.807) is 42.9 Å². The highest BCUT2D eigenvalue weighted by molar-refractivity contribution is 5.92. The zero-order chi connectivity index (χ0) is 31.3. The Morgan fingerprint density at radius 1 is 1.13 bits per heavy atom. The lowest BCUT2D eigenvalue weighted by atomic mass is 10.1. The standard InChI is InChI=1S/C33H32FN7O4/c1-2-40-21-36-17-25(40)18-41-30-14-23(33(42)43)4-5-29(30)38-32(41)19-39-11-8-26(9-12-39)45-27-7-10-37-24(15-27)20-44-31-6-3-22(16-35)13-28(31)34/h3-7,10,13-15,17,21,26H,2,8-9,11-12,18-20H2,1H3,(H,42,43). The number of pyridine rings is 1. The molecule has 0 unspecified atom stereocenters. The summed E-state index contributed by atoms with van der Waals surface area (Å²) in [6.07, 6.45) is 6.93. The number of carboxylic acid groups (broad SMARTS) is 1. The third-order valence-corrected chi connectivity index (χ3v) is 7.96. The summed E-state index contributed by atoms with van der Waals surface area (Å²) in [6, 6.07) is 14.6. The summed E-state index contributed by atoms with van der Waals surface area (Å²) in [7, 11) is 0. The molecule has 1 aliphatic heterocycles. The van der Waals surface area contributed by atoms with E-state index in [0.717, 1.165) is 61.1 Å². The second-order valence-electron chi connectivity index (χ2n) is 10.9. The minimum atomic E-state index is -0.971. The molecule has 11 nitrogen and oxygen atoms in total. The minimum absolute atomic E-state index is 0.0178. The molecule has 45 heavy (non-hydrogen) atoms. The molecule has 5 aromatic rings. The molecule has 6 rings (SSSR count). The third-order valence-electron chi connectivity index (χ3n) is 7.96. The van der Waals surface area contributed by atoms with Crippen LogP contribution in [0.3, 0.4) is 0 Å². The minimum Gasteiger partial charge on any atom is -0.490 e. The summed E-state index contributed by atoms with van der Waals surface area (Å²) in [5.74, 6) is 0.0303. The van der Waals surface area contributed by atoms with Crippen LogP contribution in [0.5, 0.6) is 11.5 Å². The fraction of sp³-hybridized carbons (Fsp3) is 0.303. The van der Waals surface area contributed by atoms with Gasteiger partial charge < -0.3 is 23.7 Å². The smallest absolute Gasteiger partial charge is 0.335 e. The summed E-state index contributed by atoms with van der Waals surface area (Å²) in [6.45, 7) is 5.67. The number of likely N-dealkylation sites (tertiary alicyclic amines) is 1. The van der Waals surface area contributed by atoms with Crippen LogP contribution < -0.4 is 9.47 Å². The van der Waals surface area contributed by atoms with Gasteiger partial charge in [0.25, 0.3) is 0 Å². The Hall–Kier alpha value is -5.28. The molecule has 0 aliphatic carbocycles. The summed E-state index contributed by atoms with van der Waals surface area (Å²) >= 11 is 0. The topological polar surface area (TPSA) is 131 Å². The predicted octanol–water partition coefficient (Wildman–Crippen LogP) is 5.03. The van der Waals surface area contributed by atoms with Crippen LogP contribution in [0, 0.1) is 17.1 Å². The quantitative estimate of drug-likeness (QED) is 0.219. The number of hydrogen-bond acceptors (Lipinski definition) is 8. The predicted molar refractivity (Wildman–Crippen MR) is 162 cm³/mol. The summed E-state index contributed by atoms with van der Waals surface area (Å²) in [4.78, 5) is 27.6. The van der Waals surface area contributed by atoms with Crippen molar-refractivity contribution in [1.82, 2.24) is 29.0 Å². The maximum absolute atomic E-state index is 14.2. The van der Waals surface area contributed by atoms with Crippen LogP contribution in [0.4, 0.5) is 4.39 Å². The highest BCUT2D eigenvalue weighted by Crippen LogP contribution is 2.25. The van der Waals surface area contributed by atoms with Gasteiger partial charge in [-0.1, -0.05) is 0 Å². The van der Waals surface area contributed by atoms with E-state index in [1.807, 2.05) is 12.3 Å².